The van der Waals surface area contributed by atoms with E-state index in [1.54, 1.807) is 4.68 Å². The van der Waals surface area contributed by atoms with Gasteiger partial charge in [0.05, 0.1) is 12.1 Å². The molecule has 0 aromatic carbocycles. The molecule has 0 unspecified atom stereocenters. The second kappa shape index (κ2) is 7.55. The van der Waals surface area contributed by atoms with Crippen LogP contribution in [0.15, 0.2) is 6.07 Å². The normalized spacial score (nSPS) is 12.2. The fraction of sp³-hybridized carbons (Fsp3) is 0.556. The molecule has 1 amide bonds. The van der Waals surface area contributed by atoms with Crippen molar-refractivity contribution in [3.63, 3.8) is 0 Å². The molecular formula is C18H27N5O. The van der Waals surface area contributed by atoms with Crippen LogP contribution >= 0.6 is 0 Å². The van der Waals surface area contributed by atoms with Crippen molar-refractivity contribution in [3.8, 4) is 5.95 Å². The van der Waals surface area contributed by atoms with Crippen LogP contribution in [0, 0.1) is 27.7 Å². The number of nitrogens with zero attached hydrogens (tertiary/aromatic N) is 4. The van der Waals surface area contributed by atoms with Gasteiger partial charge in [-0.05, 0) is 47.1 Å². The van der Waals surface area contributed by atoms with Crippen molar-refractivity contribution >= 4 is 5.91 Å². The highest BCUT2D eigenvalue weighted by atomic mass is 16.1. The van der Waals surface area contributed by atoms with Crippen molar-refractivity contribution in [1.29, 1.82) is 0 Å². The van der Waals surface area contributed by atoms with Gasteiger partial charge in [0.1, 0.15) is 0 Å². The lowest BCUT2D eigenvalue weighted by atomic mass is 10.1. The number of hydrogen-bond acceptors (Lipinski definition) is 4. The first-order chi connectivity index (χ1) is 11.3. The first-order valence-corrected chi connectivity index (χ1v) is 8.49. The molecule has 2 aromatic heterocycles. The first kappa shape index (κ1) is 18.1. The van der Waals surface area contributed by atoms with Gasteiger partial charge in [-0.15, -0.1) is 0 Å². The maximum atomic E-state index is 12.3. The Hall–Kier alpha value is -2.24. The summed E-state index contributed by atoms with van der Waals surface area (Å²) in [5.41, 5.74) is 4.50. The van der Waals surface area contributed by atoms with Crippen molar-refractivity contribution in [2.75, 3.05) is 0 Å². The highest BCUT2D eigenvalue weighted by Gasteiger charge is 2.18. The molecule has 24 heavy (non-hydrogen) atoms. The second-order valence-corrected chi connectivity index (χ2v) is 6.45. The summed E-state index contributed by atoms with van der Waals surface area (Å²) in [7, 11) is 0. The molecular weight excluding hydrogens is 302 g/mol. The van der Waals surface area contributed by atoms with Crippen LogP contribution in [0.2, 0.25) is 0 Å². The Balaban J connectivity index is 2.24. The maximum absolute atomic E-state index is 12.3. The van der Waals surface area contributed by atoms with Crippen molar-refractivity contribution in [2.24, 2.45) is 0 Å². The smallest absolute Gasteiger partial charge is 0.251 e. The van der Waals surface area contributed by atoms with Gasteiger partial charge in [-0.3, -0.25) is 4.79 Å². The van der Waals surface area contributed by atoms with Gasteiger partial charge in [-0.1, -0.05) is 13.3 Å². The lowest BCUT2D eigenvalue weighted by molar-refractivity contribution is -0.121. The van der Waals surface area contributed by atoms with Gasteiger partial charge in [0.15, 0.2) is 0 Å². The van der Waals surface area contributed by atoms with Crippen molar-refractivity contribution in [3.05, 3.63) is 34.4 Å². The van der Waals surface area contributed by atoms with Crippen LogP contribution in [0.4, 0.5) is 0 Å². The summed E-state index contributed by atoms with van der Waals surface area (Å²) in [6, 6.07) is 2.12. The molecule has 6 nitrogen and oxygen atoms in total. The van der Waals surface area contributed by atoms with Gasteiger partial charge in [-0.2, -0.15) is 5.10 Å². The molecule has 0 fully saturated rings. The zero-order chi connectivity index (χ0) is 17.9. The van der Waals surface area contributed by atoms with E-state index < -0.39 is 0 Å². The lowest BCUT2D eigenvalue weighted by Gasteiger charge is -2.12. The number of carbonyl (C=O) groups excluding carboxylic acids is 1. The Morgan fingerprint density at radius 2 is 1.83 bits per heavy atom. The Bertz CT molecular complexity index is 715. The van der Waals surface area contributed by atoms with Crippen LogP contribution in [0.5, 0.6) is 0 Å². The topological polar surface area (TPSA) is 72.7 Å². The highest BCUT2D eigenvalue weighted by Crippen LogP contribution is 2.17. The quantitative estimate of drug-likeness (QED) is 0.884. The van der Waals surface area contributed by atoms with E-state index in [0.29, 0.717) is 12.4 Å². The molecule has 1 N–H and O–H groups in total. The van der Waals surface area contributed by atoms with E-state index in [-0.39, 0.29) is 11.9 Å². The Kier molecular flexibility index (Phi) is 5.70. The van der Waals surface area contributed by atoms with Crippen LogP contribution in [0.3, 0.4) is 0 Å². The van der Waals surface area contributed by atoms with Crippen molar-refractivity contribution in [2.45, 2.75) is 66.8 Å². The predicted molar refractivity (Wildman–Crippen MR) is 94.3 cm³/mol. The average molecular weight is 329 g/mol. The SMILES string of the molecule is CCC[C@H](C)NC(=O)Cc1c(C)nn(-c2nc(C)cc(C)n2)c1C. The van der Waals surface area contributed by atoms with Gasteiger partial charge < -0.3 is 5.32 Å². The van der Waals surface area contributed by atoms with E-state index in [0.717, 1.165) is 41.2 Å². The standard InChI is InChI=1S/C18H27N5O/c1-7-8-11(2)19-17(24)10-16-14(5)22-23(15(16)6)18-20-12(3)9-13(4)21-18/h9,11H,7-8,10H2,1-6H3,(H,19,24)/t11-/m0/s1. The number of aromatic nitrogens is 4. The van der Waals surface area contributed by atoms with E-state index >= 15 is 0 Å². The molecule has 0 aliphatic carbocycles. The maximum Gasteiger partial charge on any atom is 0.251 e. The summed E-state index contributed by atoms with van der Waals surface area (Å²) < 4.78 is 1.73. The summed E-state index contributed by atoms with van der Waals surface area (Å²) in [4.78, 5) is 21.2. The zero-order valence-electron chi connectivity index (χ0n) is 15.5. The third-order valence-corrected chi connectivity index (χ3v) is 4.07. The number of nitrogens with one attached hydrogen (secondary N) is 1. The number of hydrogen-bond donors (Lipinski definition) is 1. The molecule has 2 aromatic rings. The van der Waals surface area contributed by atoms with Crippen molar-refractivity contribution in [1.82, 2.24) is 25.1 Å². The number of aryl methyl sites for hydroxylation is 3. The van der Waals surface area contributed by atoms with Crippen LogP contribution in [-0.2, 0) is 11.2 Å². The Morgan fingerprint density at radius 1 is 1.21 bits per heavy atom. The number of amides is 1. The number of rotatable bonds is 6. The fourth-order valence-corrected chi connectivity index (χ4v) is 2.92. The summed E-state index contributed by atoms with van der Waals surface area (Å²) in [6.45, 7) is 11.9. The second-order valence-electron chi connectivity index (χ2n) is 6.45. The van der Waals surface area contributed by atoms with E-state index in [1.165, 1.54) is 0 Å². The molecule has 0 radical (unpaired) electrons. The fourth-order valence-electron chi connectivity index (χ4n) is 2.92. The van der Waals surface area contributed by atoms with Gasteiger partial charge in [0, 0.05) is 28.7 Å². The van der Waals surface area contributed by atoms with E-state index in [9.17, 15) is 4.79 Å². The largest absolute Gasteiger partial charge is 0.353 e. The van der Waals surface area contributed by atoms with Gasteiger partial charge in [-0.25, -0.2) is 14.6 Å². The van der Waals surface area contributed by atoms with Gasteiger partial charge >= 0.3 is 0 Å². The molecule has 0 spiro atoms. The van der Waals surface area contributed by atoms with Crippen molar-refractivity contribution < 1.29 is 4.79 Å². The molecule has 0 aliphatic heterocycles. The highest BCUT2D eigenvalue weighted by molar-refractivity contribution is 5.79. The molecule has 130 valence electrons. The molecule has 6 heteroatoms. The minimum Gasteiger partial charge on any atom is -0.353 e. The molecule has 0 saturated heterocycles. The minimum absolute atomic E-state index is 0.0306. The van der Waals surface area contributed by atoms with Gasteiger partial charge in [0.2, 0.25) is 5.91 Å². The third-order valence-electron chi connectivity index (χ3n) is 4.07. The third kappa shape index (κ3) is 4.19. The van der Waals surface area contributed by atoms with Crippen LogP contribution in [-0.4, -0.2) is 31.7 Å². The summed E-state index contributed by atoms with van der Waals surface area (Å²) in [6.07, 6.45) is 2.37. The molecule has 0 aliphatic rings. The summed E-state index contributed by atoms with van der Waals surface area (Å²) in [5, 5.41) is 7.59. The summed E-state index contributed by atoms with van der Waals surface area (Å²) >= 11 is 0. The first-order valence-electron chi connectivity index (χ1n) is 8.49. The molecule has 0 bridgehead atoms. The minimum atomic E-state index is 0.0306. The lowest BCUT2D eigenvalue weighted by Crippen LogP contribution is -2.33. The monoisotopic (exact) mass is 329 g/mol. The Labute approximate surface area is 143 Å². The molecule has 2 heterocycles. The van der Waals surface area contributed by atoms with E-state index in [1.807, 2.05) is 40.7 Å². The van der Waals surface area contributed by atoms with Gasteiger partial charge in [0.25, 0.3) is 5.95 Å². The molecule has 0 saturated carbocycles. The van der Waals surface area contributed by atoms with Crippen LogP contribution in [0.25, 0.3) is 5.95 Å². The van der Waals surface area contributed by atoms with Crippen LogP contribution in [0.1, 0.15) is 55.0 Å². The Morgan fingerprint density at radius 3 is 2.42 bits per heavy atom. The zero-order valence-corrected chi connectivity index (χ0v) is 15.5. The molecule has 1 atom stereocenters. The van der Waals surface area contributed by atoms with E-state index in [4.69, 9.17) is 0 Å². The average Bonchev–Trinajstić information content (AvgIpc) is 2.74. The van der Waals surface area contributed by atoms with E-state index in [2.05, 4.69) is 27.3 Å². The molecule has 2 rings (SSSR count). The summed E-state index contributed by atoms with van der Waals surface area (Å²) in [5.74, 6) is 0.585. The number of carbonyl (C=O) groups is 1. The predicted octanol–water partition coefficient (Wildman–Crippen LogP) is 2.74. The van der Waals surface area contributed by atoms with Crippen LogP contribution < -0.4 is 5.32 Å².